The fourth-order valence-electron chi connectivity index (χ4n) is 1.20. The van der Waals surface area contributed by atoms with Crippen molar-refractivity contribution in [1.29, 1.82) is 0 Å². The van der Waals surface area contributed by atoms with E-state index in [4.69, 9.17) is 5.11 Å². The highest BCUT2D eigenvalue weighted by Gasteiger charge is 2.02. The van der Waals surface area contributed by atoms with Crippen molar-refractivity contribution in [2.45, 2.75) is 19.4 Å². The van der Waals surface area contributed by atoms with Crippen LogP contribution in [0.15, 0.2) is 30.6 Å². The van der Waals surface area contributed by atoms with E-state index in [1.54, 1.807) is 18.5 Å². The van der Waals surface area contributed by atoms with Gasteiger partial charge in [0.05, 0.1) is 0 Å². The van der Waals surface area contributed by atoms with Crippen molar-refractivity contribution in [1.82, 2.24) is 10.3 Å². The van der Waals surface area contributed by atoms with Gasteiger partial charge in [-0.2, -0.15) is 0 Å². The van der Waals surface area contributed by atoms with Crippen LogP contribution in [0, 0.1) is 0 Å². The number of pyridine rings is 1. The first-order valence-corrected chi connectivity index (χ1v) is 5.22. The van der Waals surface area contributed by atoms with Gasteiger partial charge in [-0.05, 0) is 31.1 Å². The quantitative estimate of drug-likeness (QED) is 0.727. The van der Waals surface area contributed by atoms with Crippen molar-refractivity contribution < 1.29 is 9.90 Å². The molecule has 0 aliphatic carbocycles. The molecule has 2 N–H and O–H groups in total. The van der Waals surface area contributed by atoms with Gasteiger partial charge in [0.2, 0.25) is 5.91 Å². The van der Waals surface area contributed by atoms with Crippen LogP contribution in [-0.4, -0.2) is 28.6 Å². The van der Waals surface area contributed by atoms with Gasteiger partial charge in [-0.1, -0.05) is 6.07 Å². The first kappa shape index (κ1) is 12.4. The first-order valence-electron chi connectivity index (χ1n) is 5.22. The smallest absolute Gasteiger partial charge is 0.244 e. The number of hydrogen-bond acceptors (Lipinski definition) is 3. The molecule has 4 nitrogen and oxygen atoms in total. The molecule has 1 amide bonds. The van der Waals surface area contributed by atoms with E-state index in [-0.39, 0.29) is 18.6 Å². The second-order valence-electron chi connectivity index (χ2n) is 3.54. The van der Waals surface area contributed by atoms with Gasteiger partial charge in [-0.15, -0.1) is 0 Å². The lowest BCUT2D eigenvalue weighted by atomic mass is 10.2. The molecule has 1 aromatic heterocycles. The van der Waals surface area contributed by atoms with Crippen molar-refractivity contribution in [2.24, 2.45) is 0 Å². The number of nitrogens with zero attached hydrogens (tertiary/aromatic N) is 1. The van der Waals surface area contributed by atoms with Crippen LogP contribution in [0.5, 0.6) is 0 Å². The molecule has 1 rings (SSSR count). The van der Waals surface area contributed by atoms with Crippen LogP contribution in [0.2, 0.25) is 0 Å². The Morgan fingerprint density at radius 1 is 1.69 bits per heavy atom. The molecule has 86 valence electrons. The van der Waals surface area contributed by atoms with Crippen LogP contribution in [0.3, 0.4) is 0 Å². The minimum absolute atomic E-state index is 0.0175. The Morgan fingerprint density at radius 3 is 3.12 bits per heavy atom. The molecule has 0 bridgehead atoms. The average molecular weight is 220 g/mol. The van der Waals surface area contributed by atoms with E-state index in [9.17, 15) is 4.79 Å². The number of rotatable bonds is 5. The summed E-state index contributed by atoms with van der Waals surface area (Å²) in [6.45, 7) is 1.93. The van der Waals surface area contributed by atoms with Gasteiger partial charge in [-0.25, -0.2) is 0 Å². The maximum absolute atomic E-state index is 11.4. The average Bonchev–Trinajstić information content (AvgIpc) is 2.28. The van der Waals surface area contributed by atoms with Crippen LogP contribution in [0.4, 0.5) is 0 Å². The van der Waals surface area contributed by atoms with Gasteiger partial charge in [0.25, 0.3) is 0 Å². The van der Waals surface area contributed by atoms with Gasteiger partial charge in [0, 0.05) is 31.1 Å². The summed E-state index contributed by atoms with van der Waals surface area (Å²) in [6.07, 6.45) is 7.09. The van der Waals surface area contributed by atoms with Crippen molar-refractivity contribution in [2.75, 3.05) is 6.61 Å². The number of carbonyl (C=O) groups excluding carboxylic acids is 1. The van der Waals surface area contributed by atoms with Crippen LogP contribution in [0.25, 0.3) is 6.08 Å². The minimum atomic E-state index is -0.162. The van der Waals surface area contributed by atoms with E-state index in [0.29, 0.717) is 6.42 Å². The van der Waals surface area contributed by atoms with Crippen LogP contribution >= 0.6 is 0 Å². The SMILES string of the molecule is CC(CCO)NC(=O)/C=C/c1cccnc1. The number of aromatic nitrogens is 1. The maximum Gasteiger partial charge on any atom is 0.244 e. The Hall–Kier alpha value is -1.68. The van der Waals surface area contributed by atoms with Crippen molar-refractivity contribution in [3.05, 3.63) is 36.2 Å². The third kappa shape index (κ3) is 4.70. The van der Waals surface area contributed by atoms with Crippen LogP contribution in [0.1, 0.15) is 18.9 Å². The zero-order chi connectivity index (χ0) is 11.8. The van der Waals surface area contributed by atoms with Crippen molar-refractivity contribution in [3.8, 4) is 0 Å². The molecule has 0 fully saturated rings. The number of aliphatic hydroxyl groups excluding tert-OH is 1. The monoisotopic (exact) mass is 220 g/mol. The lowest BCUT2D eigenvalue weighted by Gasteiger charge is -2.09. The molecule has 0 spiro atoms. The predicted octanol–water partition coefficient (Wildman–Crippen LogP) is 0.982. The molecule has 16 heavy (non-hydrogen) atoms. The summed E-state index contributed by atoms with van der Waals surface area (Å²) in [4.78, 5) is 15.3. The summed E-state index contributed by atoms with van der Waals surface area (Å²) < 4.78 is 0. The highest BCUT2D eigenvalue weighted by molar-refractivity contribution is 5.91. The highest BCUT2D eigenvalue weighted by atomic mass is 16.3. The number of hydrogen-bond donors (Lipinski definition) is 2. The molecule has 0 aliphatic rings. The van der Waals surface area contributed by atoms with Gasteiger partial charge >= 0.3 is 0 Å². The van der Waals surface area contributed by atoms with E-state index in [0.717, 1.165) is 5.56 Å². The van der Waals surface area contributed by atoms with Crippen molar-refractivity contribution >= 4 is 12.0 Å². The molecule has 1 unspecified atom stereocenters. The van der Waals surface area contributed by atoms with E-state index in [2.05, 4.69) is 10.3 Å². The largest absolute Gasteiger partial charge is 0.396 e. The van der Waals surface area contributed by atoms with Gasteiger partial charge in [0.15, 0.2) is 0 Å². The zero-order valence-corrected chi connectivity index (χ0v) is 9.26. The maximum atomic E-state index is 11.4. The molecule has 0 saturated carbocycles. The molecule has 0 aliphatic heterocycles. The number of amides is 1. The molecular formula is C12H16N2O2. The topological polar surface area (TPSA) is 62.2 Å². The molecular weight excluding hydrogens is 204 g/mol. The van der Waals surface area contributed by atoms with Crippen molar-refractivity contribution in [3.63, 3.8) is 0 Å². The fraction of sp³-hybridized carbons (Fsp3) is 0.333. The Morgan fingerprint density at radius 2 is 2.50 bits per heavy atom. The van der Waals surface area contributed by atoms with Gasteiger partial charge < -0.3 is 10.4 Å². The molecule has 1 atom stereocenters. The number of carbonyl (C=O) groups is 1. The summed E-state index contributed by atoms with van der Waals surface area (Å²) in [5.74, 6) is -0.162. The third-order valence-corrected chi connectivity index (χ3v) is 2.06. The van der Waals surface area contributed by atoms with E-state index in [1.807, 2.05) is 19.1 Å². The molecule has 1 heterocycles. The molecule has 1 aromatic rings. The Kier molecular flexibility index (Phi) is 5.22. The summed E-state index contributed by atoms with van der Waals surface area (Å²) in [6, 6.07) is 3.66. The van der Waals surface area contributed by atoms with E-state index < -0.39 is 0 Å². The van der Waals surface area contributed by atoms with Gasteiger partial charge in [-0.3, -0.25) is 9.78 Å². The Bertz CT molecular complexity index is 349. The summed E-state index contributed by atoms with van der Waals surface area (Å²) >= 11 is 0. The van der Waals surface area contributed by atoms with Crippen LogP contribution < -0.4 is 5.32 Å². The molecule has 0 aromatic carbocycles. The summed E-state index contributed by atoms with van der Waals surface area (Å²) in [7, 11) is 0. The second-order valence-corrected chi connectivity index (χ2v) is 3.54. The summed E-state index contributed by atoms with van der Waals surface area (Å²) in [5, 5.41) is 11.4. The first-order chi connectivity index (χ1) is 7.72. The Labute approximate surface area is 95.0 Å². The lowest BCUT2D eigenvalue weighted by Crippen LogP contribution is -2.31. The summed E-state index contributed by atoms with van der Waals surface area (Å²) in [5.41, 5.74) is 0.882. The second kappa shape index (κ2) is 6.74. The standard InChI is InChI=1S/C12H16N2O2/c1-10(6-8-15)14-12(16)5-4-11-3-2-7-13-9-11/h2-5,7,9-10,15H,6,8H2,1H3,(H,14,16)/b5-4+. The predicted molar refractivity (Wildman–Crippen MR) is 62.6 cm³/mol. The lowest BCUT2D eigenvalue weighted by molar-refractivity contribution is -0.117. The number of nitrogens with one attached hydrogen (secondary N) is 1. The zero-order valence-electron chi connectivity index (χ0n) is 9.26. The van der Waals surface area contributed by atoms with E-state index >= 15 is 0 Å². The molecule has 0 saturated heterocycles. The van der Waals surface area contributed by atoms with E-state index in [1.165, 1.54) is 6.08 Å². The third-order valence-electron chi connectivity index (χ3n) is 2.06. The highest BCUT2D eigenvalue weighted by Crippen LogP contribution is 1.98. The normalized spacial score (nSPS) is 12.6. The number of aliphatic hydroxyl groups is 1. The molecule has 0 radical (unpaired) electrons. The fourth-order valence-corrected chi connectivity index (χ4v) is 1.20. The minimum Gasteiger partial charge on any atom is -0.396 e. The van der Waals surface area contributed by atoms with Gasteiger partial charge in [0.1, 0.15) is 0 Å². The van der Waals surface area contributed by atoms with Crippen LogP contribution in [-0.2, 0) is 4.79 Å². The molecule has 4 heteroatoms. The Balaban J connectivity index is 2.42.